The van der Waals surface area contributed by atoms with Gasteiger partial charge in [-0.15, -0.1) is 0 Å². The van der Waals surface area contributed by atoms with Crippen LogP contribution in [0.3, 0.4) is 0 Å². The molecule has 0 radical (unpaired) electrons. The molecule has 0 amide bonds. The van der Waals surface area contributed by atoms with Gasteiger partial charge in [0, 0.05) is 6.61 Å². The second-order valence-corrected chi connectivity index (χ2v) is 13.8. The van der Waals surface area contributed by atoms with Crippen LogP contribution in [0.25, 0.3) is 0 Å². The van der Waals surface area contributed by atoms with E-state index in [1.807, 2.05) is 0 Å². The molecular weight excluding hydrogens is 279 g/mol. The van der Waals surface area contributed by atoms with Crippen molar-refractivity contribution >= 4 is 15.4 Å². The molecule has 3 nitrogen and oxygen atoms in total. The van der Waals surface area contributed by atoms with Gasteiger partial charge >= 0.3 is 7.12 Å². The molecular formula is C16H35BO3Si. The second-order valence-electron chi connectivity index (χ2n) is 9.00. The first-order valence-electron chi connectivity index (χ1n) is 8.19. The average molecular weight is 314 g/mol. The Morgan fingerprint density at radius 1 is 1.05 bits per heavy atom. The predicted octanol–water partition coefficient (Wildman–Crippen LogP) is 4.88. The molecule has 1 atom stereocenters. The van der Waals surface area contributed by atoms with Crippen LogP contribution in [0.2, 0.25) is 23.9 Å². The Kier molecular flexibility index (Phi) is 5.48. The molecule has 0 unspecified atom stereocenters. The highest BCUT2D eigenvalue weighted by Gasteiger charge is 2.52. The van der Waals surface area contributed by atoms with E-state index in [4.69, 9.17) is 13.7 Å². The van der Waals surface area contributed by atoms with Crippen LogP contribution in [0.5, 0.6) is 0 Å². The molecule has 1 saturated heterocycles. The molecule has 1 fully saturated rings. The van der Waals surface area contributed by atoms with Crippen LogP contribution in [0.15, 0.2) is 0 Å². The molecule has 0 saturated carbocycles. The van der Waals surface area contributed by atoms with E-state index in [-0.39, 0.29) is 23.4 Å². The van der Waals surface area contributed by atoms with Gasteiger partial charge in [0.1, 0.15) is 0 Å². The van der Waals surface area contributed by atoms with Crippen LogP contribution in [0.1, 0.15) is 61.8 Å². The summed E-state index contributed by atoms with van der Waals surface area (Å²) in [4.78, 5) is 0. The molecule has 124 valence electrons. The van der Waals surface area contributed by atoms with Crippen molar-refractivity contribution < 1.29 is 13.7 Å². The predicted molar refractivity (Wildman–Crippen MR) is 93.3 cm³/mol. The van der Waals surface area contributed by atoms with Crippen LogP contribution in [0, 0.1) is 0 Å². The first-order chi connectivity index (χ1) is 9.20. The van der Waals surface area contributed by atoms with Gasteiger partial charge in [0.15, 0.2) is 8.32 Å². The summed E-state index contributed by atoms with van der Waals surface area (Å²) in [6.07, 6.45) is 0.976. The maximum absolute atomic E-state index is 6.26. The quantitative estimate of drug-likeness (QED) is 0.677. The molecule has 21 heavy (non-hydrogen) atoms. The monoisotopic (exact) mass is 314 g/mol. The van der Waals surface area contributed by atoms with Gasteiger partial charge in [0.05, 0.1) is 11.2 Å². The lowest BCUT2D eigenvalue weighted by Gasteiger charge is -2.36. The van der Waals surface area contributed by atoms with Crippen LogP contribution < -0.4 is 0 Å². The number of hydrogen-bond acceptors (Lipinski definition) is 3. The van der Waals surface area contributed by atoms with Crippen molar-refractivity contribution in [1.29, 1.82) is 0 Å². The van der Waals surface area contributed by atoms with E-state index >= 15 is 0 Å². The lowest BCUT2D eigenvalue weighted by molar-refractivity contribution is 0.00578. The van der Waals surface area contributed by atoms with Crippen molar-refractivity contribution in [1.82, 2.24) is 0 Å². The Hall–Kier alpha value is 0.162. The molecule has 0 spiro atoms. The average Bonchev–Trinajstić information content (AvgIpc) is 2.46. The van der Waals surface area contributed by atoms with Crippen molar-refractivity contribution in [3.05, 3.63) is 0 Å². The van der Waals surface area contributed by atoms with Crippen LogP contribution >= 0.6 is 0 Å². The van der Waals surface area contributed by atoms with E-state index in [2.05, 4.69) is 68.5 Å². The van der Waals surface area contributed by atoms with E-state index in [0.717, 1.165) is 13.0 Å². The van der Waals surface area contributed by atoms with Gasteiger partial charge < -0.3 is 13.7 Å². The largest absolute Gasteiger partial charge is 0.460 e. The highest BCUT2D eigenvalue weighted by atomic mass is 28.4. The van der Waals surface area contributed by atoms with E-state index < -0.39 is 8.32 Å². The molecule has 1 aliphatic rings. The highest BCUT2D eigenvalue weighted by Crippen LogP contribution is 2.41. The van der Waals surface area contributed by atoms with Gasteiger partial charge in [-0.25, -0.2) is 0 Å². The molecule has 0 aromatic rings. The van der Waals surface area contributed by atoms with Crippen LogP contribution in [0.4, 0.5) is 0 Å². The maximum atomic E-state index is 6.26. The van der Waals surface area contributed by atoms with E-state index in [9.17, 15) is 0 Å². The summed E-state index contributed by atoms with van der Waals surface area (Å²) in [5.41, 5.74) is -0.488. The van der Waals surface area contributed by atoms with Gasteiger partial charge in [-0.1, -0.05) is 27.7 Å². The molecule has 0 aromatic heterocycles. The first kappa shape index (κ1) is 19.2. The summed E-state index contributed by atoms with van der Waals surface area (Å²) in [5.74, 6) is 0.343. The van der Waals surface area contributed by atoms with Gasteiger partial charge in [-0.2, -0.15) is 0 Å². The Morgan fingerprint density at radius 2 is 1.48 bits per heavy atom. The minimum Gasteiger partial charge on any atom is -0.417 e. The first-order valence-corrected chi connectivity index (χ1v) is 11.1. The molecule has 0 aliphatic carbocycles. The molecule has 0 N–H and O–H groups in total. The highest BCUT2D eigenvalue weighted by molar-refractivity contribution is 6.74. The molecule has 1 aliphatic heterocycles. The Morgan fingerprint density at radius 3 is 1.86 bits per heavy atom. The third kappa shape index (κ3) is 4.34. The summed E-state index contributed by atoms with van der Waals surface area (Å²) < 4.78 is 18.5. The lowest BCUT2D eigenvalue weighted by atomic mass is 9.71. The van der Waals surface area contributed by atoms with Crippen LogP contribution in [-0.2, 0) is 13.7 Å². The molecule has 1 heterocycles. The minimum absolute atomic E-state index is 0.127. The Labute approximate surface area is 133 Å². The zero-order valence-electron chi connectivity index (χ0n) is 15.8. The summed E-state index contributed by atoms with van der Waals surface area (Å²) in [6, 6.07) is 0. The van der Waals surface area contributed by atoms with Gasteiger partial charge in [-0.05, 0) is 58.1 Å². The van der Waals surface area contributed by atoms with Crippen molar-refractivity contribution in [3.8, 4) is 0 Å². The molecule has 1 rings (SSSR count). The van der Waals surface area contributed by atoms with Crippen molar-refractivity contribution in [3.63, 3.8) is 0 Å². The standard InChI is InChI=1S/C16H35BO3Si/c1-13(11-12-18-21(9,10)14(2,3)4)17-19-15(5,6)16(7,8)20-17/h13H,11-12H2,1-10H3/t13-/m1/s1. The lowest BCUT2D eigenvalue weighted by Crippen LogP contribution is -2.41. The minimum atomic E-state index is -1.65. The Bertz CT molecular complexity index is 345. The van der Waals surface area contributed by atoms with Gasteiger partial charge in [-0.3, -0.25) is 0 Å². The fourth-order valence-corrected chi connectivity index (χ4v) is 3.03. The normalized spacial score (nSPS) is 23.4. The summed E-state index contributed by atoms with van der Waals surface area (Å²) in [5, 5.41) is 0.264. The number of hydrogen-bond donors (Lipinski definition) is 0. The van der Waals surface area contributed by atoms with E-state index in [1.54, 1.807) is 0 Å². The fraction of sp³-hybridized carbons (Fsp3) is 1.00. The van der Waals surface area contributed by atoms with Gasteiger partial charge in [0.25, 0.3) is 0 Å². The van der Waals surface area contributed by atoms with E-state index in [0.29, 0.717) is 5.82 Å². The summed E-state index contributed by atoms with van der Waals surface area (Å²) >= 11 is 0. The van der Waals surface area contributed by atoms with Gasteiger partial charge in [0.2, 0.25) is 0 Å². The fourth-order valence-electron chi connectivity index (χ4n) is 1.97. The molecule has 0 bridgehead atoms. The smallest absolute Gasteiger partial charge is 0.417 e. The maximum Gasteiger partial charge on any atom is 0.460 e. The SMILES string of the molecule is C[C@H](CCO[Si](C)(C)C(C)(C)C)B1OC(C)(C)C(C)(C)O1. The van der Waals surface area contributed by atoms with Crippen molar-refractivity contribution in [2.75, 3.05) is 6.61 Å². The topological polar surface area (TPSA) is 27.7 Å². The summed E-state index contributed by atoms with van der Waals surface area (Å²) in [6.45, 7) is 22.8. The third-order valence-corrected chi connectivity index (χ3v) is 10.1. The zero-order chi connectivity index (χ0) is 16.7. The third-order valence-electron chi connectivity index (χ3n) is 5.58. The molecule has 5 heteroatoms. The number of rotatable bonds is 5. The molecule has 0 aromatic carbocycles. The van der Waals surface area contributed by atoms with Crippen molar-refractivity contribution in [2.24, 2.45) is 0 Å². The summed E-state index contributed by atoms with van der Waals surface area (Å²) in [7, 11) is -1.78. The van der Waals surface area contributed by atoms with E-state index in [1.165, 1.54) is 0 Å². The zero-order valence-corrected chi connectivity index (χ0v) is 16.8. The Balaban J connectivity index is 2.48. The van der Waals surface area contributed by atoms with Crippen molar-refractivity contribution in [2.45, 2.75) is 97.0 Å². The van der Waals surface area contributed by atoms with Crippen LogP contribution in [-0.4, -0.2) is 33.2 Å². The second kappa shape index (κ2) is 5.99.